The third-order valence-electron chi connectivity index (χ3n) is 2.59. The smallest absolute Gasteiger partial charge is 0.138 e. The summed E-state index contributed by atoms with van der Waals surface area (Å²) in [7, 11) is 0. The Morgan fingerprint density at radius 2 is 2.31 bits per heavy atom. The Morgan fingerprint density at radius 1 is 1.38 bits per heavy atom. The molecule has 1 aromatic carbocycles. The third-order valence-corrected chi connectivity index (χ3v) is 2.86. The van der Waals surface area contributed by atoms with Crippen molar-refractivity contribution in [2.24, 2.45) is 0 Å². The van der Waals surface area contributed by atoms with Crippen LogP contribution in [0.2, 0.25) is 0 Å². The van der Waals surface area contributed by atoms with E-state index in [1.165, 1.54) is 5.56 Å². The van der Waals surface area contributed by atoms with Gasteiger partial charge >= 0.3 is 0 Å². The molecule has 16 heavy (non-hydrogen) atoms. The third kappa shape index (κ3) is 2.71. The van der Waals surface area contributed by atoms with E-state index in [1.54, 1.807) is 0 Å². The van der Waals surface area contributed by atoms with Crippen LogP contribution in [-0.4, -0.2) is 12.5 Å². The van der Waals surface area contributed by atoms with Crippen LogP contribution in [0.25, 0.3) is 0 Å². The Kier molecular flexibility index (Phi) is 4.13. The van der Waals surface area contributed by atoms with Crippen molar-refractivity contribution in [3.63, 3.8) is 0 Å². The molecule has 1 aromatic rings. The number of aryl methyl sites for hydroxylation is 1. The Balaban J connectivity index is 2.16. The highest BCUT2D eigenvalue weighted by atomic mass is 35.5. The number of halogens is 1. The highest BCUT2D eigenvalue weighted by molar-refractivity contribution is 6.17. The topological polar surface area (TPSA) is 9.23 Å². The largest absolute Gasteiger partial charge is 0.492 e. The molecule has 0 aliphatic carbocycles. The molecule has 0 spiro atoms. The van der Waals surface area contributed by atoms with E-state index in [4.69, 9.17) is 16.3 Å². The predicted octanol–water partition coefficient (Wildman–Crippen LogP) is 3.38. The van der Waals surface area contributed by atoms with Crippen LogP contribution in [0.1, 0.15) is 30.4 Å². The highest BCUT2D eigenvalue weighted by Crippen LogP contribution is 2.28. The van der Waals surface area contributed by atoms with E-state index in [9.17, 15) is 0 Å². The molecule has 1 heterocycles. The number of ether oxygens (including phenoxy) is 1. The monoisotopic (exact) mass is 234 g/mol. The second kappa shape index (κ2) is 5.82. The van der Waals surface area contributed by atoms with Crippen LogP contribution in [-0.2, 0) is 6.42 Å². The lowest BCUT2D eigenvalue weighted by Crippen LogP contribution is -2.09. The average Bonchev–Trinajstić information content (AvgIpc) is 2.35. The van der Waals surface area contributed by atoms with Gasteiger partial charge in [0.05, 0.1) is 12.2 Å². The lowest BCUT2D eigenvalue weighted by Gasteiger charge is -2.18. The first-order chi connectivity index (χ1) is 7.92. The Hall–Kier alpha value is -1.13. The molecule has 0 aromatic heterocycles. The minimum absolute atomic E-state index is 0.679. The van der Waals surface area contributed by atoms with E-state index in [0.29, 0.717) is 5.88 Å². The normalized spacial score (nSPS) is 13.3. The van der Waals surface area contributed by atoms with Crippen LogP contribution < -0.4 is 4.74 Å². The summed E-state index contributed by atoms with van der Waals surface area (Å²) >= 11 is 5.61. The molecule has 0 fully saturated rings. The molecule has 1 nitrogen and oxygen atoms in total. The van der Waals surface area contributed by atoms with Crippen molar-refractivity contribution in [1.82, 2.24) is 0 Å². The van der Waals surface area contributed by atoms with Gasteiger partial charge < -0.3 is 4.74 Å². The lowest BCUT2D eigenvalue weighted by molar-refractivity contribution is 0.287. The fourth-order valence-corrected chi connectivity index (χ4v) is 1.93. The molecule has 2 heteroatoms. The van der Waals surface area contributed by atoms with Crippen molar-refractivity contribution in [2.45, 2.75) is 25.7 Å². The van der Waals surface area contributed by atoms with Crippen LogP contribution in [0.5, 0.6) is 5.75 Å². The van der Waals surface area contributed by atoms with E-state index >= 15 is 0 Å². The first-order valence-electron chi connectivity index (χ1n) is 5.71. The molecule has 0 unspecified atom stereocenters. The maximum Gasteiger partial charge on any atom is 0.138 e. The maximum absolute atomic E-state index is 5.68. The van der Waals surface area contributed by atoms with Crippen LogP contribution in [0.15, 0.2) is 18.2 Å². The van der Waals surface area contributed by atoms with Gasteiger partial charge in [0, 0.05) is 12.3 Å². The minimum Gasteiger partial charge on any atom is -0.492 e. The number of benzene rings is 1. The van der Waals surface area contributed by atoms with Gasteiger partial charge in [0.1, 0.15) is 5.75 Å². The van der Waals surface area contributed by atoms with Crippen LogP contribution in [0.4, 0.5) is 0 Å². The summed E-state index contributed by atoms with van der Waals surface area (Å²) in [5.41, 5.74) is 2.31. The summed E-state index contributed by atoms with van der Waals surface area (Å²) in [6, 6.07) is 6.20. The Morgan fingerprint density at radius 3 is 3.19 bits per heavy atom. The highest BCUT2D eigenvalue weighted by Gasteiger charge is 2.12. The second-order valence-corrected chi connectivity index (χ2v) is 4.22. The summed E-state index contributed by atoms with van der Waals surface area (Å²) in [5, 5.41) is 0. The van der Waals surface area contributed by atoms with E-state index in [-0.39, 0.29) is 0 Å². The van der Waals surface area contributed by atoms with Crippen LogP contribution in [0, 0.1) is 11.8 Å². The quantitative estimate of drug-likeness (QED) is 0.433. The van der Waals surface area contributed by atoms with Crippen molar-refractivity contribution >= 4 is 11.6 Å². The van der Waals surface area contributed by atoms with Crippen molar-refractivity contribution in [1.29, 1.82) is 0 Å². The van der Waals surface area contributed by atoms with Gasteiger partial charge in [-0.2, -0.15) is 0 Å². The van der Waals surface area contributed by atoms with E-state index in [1.807, 2.05) is 6.07 Å². The van der Waals surface area contributed by atoms with Gasteiger partial charge in [-0.25, -0.2) is 0 Å². The fraction of sp³-hybridized carbons (Fsp3) is 0.429. The van der Waals surface area contributed by atoms with Gasteiger partial charge in [0.25, 0.3) is 0 Å². The van der Waals surface area contributed by atoms with E-state index < -0.39 is 0 Å². The van der Waals surface area contributed by atoms with Gasteiger partial charge in [-0.15, -0.1) is 11.6 Å². The van der Waals surface area contributed by atoms with E-state index in [0.717, 1.165) is 43.6 Å². The van der Waals surface area contributed by atoms with Gasteiger partial charge in [-0.3, -0.25) is 0 Å². The minimum atomic E-state index is 0.679. The molecule has 1 aliphatic heterocycles. The van der Waals surface area contributed by atoms with Gasteiger partial charge in [-0.1, -0.05) is 24.0 Å². The maximum atomic E-state index is 5.68. The first kappa shape index (κ1) is 11.4. The van der Waals surface area contributed by atoms with Gasteiger partial charge in [0.15, 0.2) is 0 Å². The van der Waals surface area contributed by atoms with Crippen molar-refractivity contribution in [2.75, 3.05) is 12.5 Å². The number of rotatable bonds is 2. The summed E-state index contributed by atoms with van der Waals surface area (Å²) < 4.78 is 5.68. The molecule has 0 amide bonds. The van der Waals surface area contributed by atoms with Crippen molar-refractivity contribution in [3.8, 4) is 17.6 Å². The molecule has 84 valence electrons. The summed E-state index contributed by atoms with van der Waals surface area (Å²) in [6.07, 6.45) is 4.01. The van der Waals surface area contributed by atoms with Crippen molar-refractivity contribution < 1.29 is 4.74 Å². The summed E-state index contributed by atoms with van der Waals surface area (Å²) in [5.74, 6) is 7.98. The van der Waals surface area contributed by atoms with Crippen LogP contribution >= 0.6 is 11.6 Å². The summed E-state index contributed by atoms with van der Waals surface area (Å²) in [6.45, 7) is 0.813. The zero-order valence-corrected chi connectivity index (χ0v) is 10.0. The lowest BCUT2D eigenvalue weighted by atomic mass is 10.0. The number of hydrogen-bond donors (Lipinski definition) is 0. The molecular weight excluding hydrogens is 220 g/mol. The summed E-state index contributed by atoms with van der Waals surface area (Å²) in [4.78, 5) is 0. The molecule has 0 radical (unpaired) electrons. The zero-order chi connectivity index (χ0) is 11.2. The fourth-order valence-electron chi connectivity index (χ4n) is 1.80. The Labute approximate surface area is 102 Å². The number of fused-ring (bicyclic) bond motifs is 1. The van der Waals surface area contributed by atoms with Crippen LogP contribution in [0.3, 0.4) is 0 Å². The number of unbranched alkanes of at least 4 members (excludes halogenated alkanes) is 1. The molecule has 0 saturated carbocycles. The molecule has 0 saturated heterocycles. The molecule has 0 N–H and O–H groups in total. The number of alkyl halides is 1. The molecule has 0 bridgehead atoms. The molecule has 2 rings (SSSR count). The molecular formula is C14H15ClO. The van der Waals surface area contributed by atoms with Gasteiger partial charge in [-0.05, 0) is 30.9 Å². The standard InChI is InChI=1S/C14H15ClO/c15-10-3-1-2-6-12-7-4-8-13-9-5-11-16-14(12)13/h4,7-8H,1,3,5,9-11H2. The second-order valence-electron chi connectivity index (χ2n) is 3.84. The van der Waals surface area contributed by atoms with E-state index in [2.05, 4.69) is 24.0 Å². The molecule has 1 aliphatic rings. The first-order valence-corrected chi connectivity index (χ1v) is 6.25. The predicted molar refractivity (Wildman–Crippen MR) is 67.1 cm³/mol. The van der Waals surface area contributed by atoms with Gasteiger partial charge in [0.2, 0.25) is 0 Å². The number of para-hydroxylation sites is 1. The molecule has 0 atom stereocenters. The number of hydrogen-bond acceptors (Lipinski definition) is 1. The SMILES string of the molecule is ClCCCC#Cc1cccc2c1OCCC2. The zero-order valence-electron chi connectivity index (χ0n) is 9.26. The average molecular weight is 235 g/mol. The Bertz CT molecular complexity index is 414. The van der Waals surface area contributed by atoms with Crippen molar-refractivity contribution in [3.05, 3.63) is 29.3 Å².